The van der Waals surface area contributed by atoms with Crippen LogP contribution in [0.1, 0.15) is 84.6 Å². The summed E-state index contributed by atoms with van der Waals surface area (Å²) in [6.07, 6.45) is 9.96. The van der Waals surface area contributed by atoms with E-state index in [1.165, 1.54) is 39.0 Å². The lowest BCUT2D eigenvalue weighted by Crippen LogP contribution is -2.58. The minimum Gasteiger partial charge on any atom is -0.390 e. The van der Waals surface area contributed by atoms with E-state index in [2.05, 4.69) is 22.1 Å². The fourth-order valence-electron chi connectivity index (χ4n) is 6.52. The Labute approximate surface area is 250 Å². The van der Waals surface area contributed by atoms with Crippen LogP contribution < -0.4 is 11.1 Å². The van der Waals surface area contributed by atoms with Crippen LogP contribution in [0.4, 0.5) is 5.82 Å². The van der Waals surface area contributed by atoms with E-state index in [-0.39, 0.29) is 5.91 Å². The molecule has 7 nitrogen and oxygen atoms in total. The standard InChI is InChI=1S/C24H25N3O2.C11H21NO/c1-16(28)27-22-12-20(17-6-4-3-5-7-17)21(13-26-22)18-8-10-19(11-9-18)24(25)14-23(2,29)15-24;1-3-11(13)12(4-2)10-8-6-5-7-9-10/h3-13,29H,14-15,25H2,1-2H3,(H,26,27,28);10H,3-9H2,1-2H3. The van der Waals surface area contributed by atoms with Crippen LogP contribution in [-0.4, -0.2) is 45.0 Å². The molecule has 0 radical (unpaired) electrons. The summed E-state index contributed by atoms with van der Waals surface area (Å²) in [6, 6.07) is 20.6. The predicted octanol–water partition coefficient (Wildman–Crippen LogP) is 6.65. The molecule has 4 N–H and O–H groups in total. The zero-order chi connectivity index (χ0) is 30.3. The van der Waals surface area contributed by atoms with Gasteiger partial charge in [-0.3, -0.25) is 9.59 Å². The fourth-order valence-corrected chi connectivity index (χ4v) is 6.52. The molecule has 2 aliphatic carbocycles. The lowest BCUT2D eigenvalue weighted by molar-refractivity contribution is -0.133. The molecule has 2 saturated carbocycles. The van der Waals surface area contributed by atoms with Gasteiger partial charge in [0.1, 0.15) is 5.82 Å². The summed E-state index contributed by atoms with van der Waals surface area (Å²) in [5.74, 6) is 0.696. The molecule has 2 amide bonds. The highest BCUT2D eigenvalue weighted by Gasteiger charge is 2.49. The second-order valence-electron chi connectivity index (χ2n) is 12.1. The molecule has 3 aromatic rings. The first-order chi connectivity index (χ1) is 20.0. The lowest BCUT2D eigenvalue weighted by Gasteiger charge is -2.49. The average Bonchev–Trinajstić information content (AvgIpc) is 2.97. The van der Waals surface area contributed by atoms with Gasteiger partial charge < -0.3 is 21.1 Å². The zero-order valence-corrected chi connectivity index (χ0v) is 25.5. The molecule has 0 saturated heterocycles. The second-order valence-corrected chi connectivity index (χ2v) is 12.1. The van der Waals surface area contributed by atoms with Crippen molar-refractivity contribution in [1.29, 1.82) is 0 Å². The van der Waals surface area contributed by atoms with Gasteiger partial charge in [0.05, 0.1) is 5.60 Å². The second kappa shape index (κ2) is 13.6. The summed E-state index contributed by atoms with van der Waals surface area (Å²) >= 11 is 0. The van der Waals surface area contributed by atoms with Gasteiger partial charge in [-0.1, -0.05) is 80.8 Å². The number of carbonyl (C=O) groups is 2. The third-order valence-electron chi connectivity index (χ3n) is 8.44. The van der Waals surface area contributed by atoms with E-state index in [1.807, 2.05) is 74.5 Å². The van der Waals surface area contributed by atoms with Crippen molar-refractivity contribution in [2.45, 2.75) is 96.2 Å². The predicted molar refractivity (Wildman–Crippen MR) is 170 cm³/mol. The molecule has 1 aromatic heterocycles. The first-order valence-corrected chi connectivity index (χ1v) is 15.3. The number of hydrogen-bond donors (Lipinski definition) is 3. The topological polar surface area (TPSA) is 109 Å². The quantitative estimate of drug-likeness (QED) is 0.295. The SMILES string of the molecule is CC(=O)Nc1cc(-c2ccccc2)c(-c2ccc(C3(N)CC(C)(O)C3)cc2)cn1.CCC(=O)N(CC)C1CCCCC1. The third kappa shape index (κ3) is 7.64. The number of anilines is 1. The summed E-state index contributed by atoms with van der Waals surface area (Å²) < 4.78 is 0. The van der Waals surface area contributed by atoms with E-state index in [0.29, 0.717) is 37.0 Å². The molecule has 1 heterocycles. The highest BCUT2D eigenvalue weighted by atomic mass is 16.3. The van der Waals surface area contributed by atoms with Crippen molar-refractivity contribution in [2.75, 3.05) is 11.9 Å². The maximum atomic E-state index is 11.6. The zero-order valence-electron chi connectivity index (χ0n) is 25.5. The number of aliphatic hydroxyl groups is 1. The van der Waals surface area contributed by atoms with Crippen molar-refractivity contribution < 1.29 is 14.7 Å². The number of hydrogen-bond acceptors (Lipinski definition) is 5. The first kappa shape index (κ1) is 31.4. The maximum absolute atomic E-state index is 11.6. The molecule has 5 rings (SSSR count). The van der Waals surface area contributed by atoms with Crippen molar-refractivity contribution >= 4 is 17.6 Å². The van der Waals surface area contributed by atoms with Crippen LogP contribution >= 0.6 is 0 Å². The number of pyridine rings is 1. The van der Waals surface area contributed by atoms with Gasteiger partial charge in [-0.25, -0.2) is 4.98 Å². The van der Waals surface area contributed by atoms with Crippen LogP contribution in [0.3, 0.4) is 0 Å². The lowest BCUT2D eigenvalue weighted by atomic mass is 9.63. The number of rotatable bonds is 7. The van der Waals surface area contributed by atoms with E-state index in [9.17, 15) is 14.7 Å². The van der Waals surface area contributed by atoms with Crippen LogP contribution in [0, 0.1) is 0 Å². The molecule has 0 unspecified atom stereocenters. The van der Waals surface area contributed by atoms with Crippen molar-refractivity contribution in [1.82, 2.24) is 9.88 Å². The van der Waals surface area contributed by atoms with Crippen molar-refractivity contribution in [3.8, 4) is 22.3 Å². The average molecular weight is 571 g/mol. The molecular weight excluding hydrogens is 524 g/mol. The summed E-state index contributed by atoms with van der Waals surface area (Å²) in [7, 11) is 0. The van der Waals surface area contributed by atoms with Crippen LogP contribution in [0.25, 0.3) is 22.3 Å². The van der Waals surface area contributed by atoms with Gasteiger partial charge in [0, 0.05) is 43.2 Å². The fraction of sp³-hybridized carbons (Fsp3) is 0.457. The number of amides is 2. The Morgan fingerprint density at radius 3 is 2.14 bits per heavy atom. The molecule has 0 atom stereocenters. The number of benzene rings is 2. The molecule has 2 fully saturated rings. The van der Waals surface area contributed by atoms with Crippen molar-refractivity contribution in [2.24, 2.45) is 5.73 Å². The van der Waals surface area contributed by atoms with Gasteiger partial charge in [0.15, 0.2) is 0 Å². The van der Waals surface area contributed by atoms with E-state index in [1.54, 1.807) is 6.20 Å². The molecule has 2 aliphatic rings. The molecule has 7 heteroatoms. The Hall–Kier alpha value is -3.55. The van der Waals surface area contributed by atoms with Crippen molar-refractivity contribution in [3.05, 3.63) is 72.4 Å². The van der Waals surface area contributed by atoms with E-state index < -0.39 is 11.1 Å². The molecule has 42 heavy (non-hydrogen) atoms. The van der Waals surface area contributed by atoms with E-state index in [4.69, 9.17) is 5.73 Å². The monoisotopic (exact) mass is 570 g/mol. The minimum atomic E-state index is -0.683. The summed E-state index contributed by atoms with van der Waals surface area (Å²) in [4.78, 5) is 29.5. The van der Waals surface area contributed by atoms with Gasteiger partial charge in [0.2, 0.25) is 11.8 Å². The minimum absolute atomic E-state index is 0.154. The molecule has 0 aliphatic heterocycles. The van der Waals surface area contributed by atoms with Gasteiger partial charge >= 0.3 is 0 Å². The molecular formula is C35H46N4O3. The first-order valence-electron chi connectivity index (χ1n) is 15.3. The van der Waals surface area contributed by atoms with Crippen LogP contribution in [0.15, 0.2) is 66.9 Å². The van der Waals surface area contributed by atoms with Gasteiger partial charge in [-0.2, -0.15) is 0 Å². The summed E-state index contributed by atoms with van der Waals surface area (Å²) in [5, 5.41) is 12.8. The largest absolute Gasteiger partial charge is 0.390 e. The highest BCUT2D eigenvalue weighted by Crippen LogP contribution is 2.46. The molecule has 0 bridgehead atoms. The number of carbonyl (C=O) groups excluding carboxylic acids is 2. The Bertz CT molecular complexity index is 1340. The normalized spacial score (nSPS) is 21.9. The van der Waals surface area contributed by atoms with E-state index in [0.717, 1.165) is 34.4 Å². The van der Waals surface area contributed by atoms with Crippen LogP contribution in [0.2, 0.25) is 0 Å². The third-order valence-corrected chi connectivity index (χ3v) is 8.44. The highest BCUT2D eigenvalue weighted by molar-refractivity contribution is 5.91. The van der Waals surface area contributed by atoms with Gasteiger partial charge in [0.25, 0.3) is 0 Å². The Morgan fingerprint density at radius 2 is 1.60 bits per heavy atom. The maximum Gasteiger partial charge on any atom is 0.222 e. The Morgan fingerprint density at radius 1 is 0.976 bits per heavy atom. The molecule has 0 spiro atoms. The number of nitrogens with two attached hydrogens (primary N) is 1. The molecule has 2 aromatic carbocycles. The Kier molecular flexibility index (Phi) is 10.2. The summed E-state index contributed by atoms with van der Waals surface area (Å²) in [6.45, 7) is 8.21. The van der Waals surface area contributed by atoms with Crippen molar-refractivity contribution in [3.63, 3.8) is 0 Å². The smallest absolute Gasteiger partial charge is 0.222 e. The number of aromatic nitrogens is 1. The molecule has 224 valence electrons. The Balaban J connectivity index is 0.000000262. The van der Waals surface area contributed by atoms with Crippen LogP contribution in [-0.2, 0) is 15.1 Å². The summed E-state index contributed by atoms with van der Waals surface area (Å²) in [5.41, 5.74) is 10.4. The van der Waals surface area contributed by atoms with Crippen LogP contribution in [0.5, 0.6) is 0 Å². The number of nitrogens with zero attached hydrogens (tertiary/aromatic N) is 2. The number of nitrogens with one attached hydrogen (secondary N) is 1. The van der Waals surface area contributed by atoms with E-state index >= 15 is 0 Å². The van der Waals surface area contributed by atoms with Gasteiger partial charge in [-0.05, 0) is 67.9 Å². The van der Waals surface area contributed by atoms with Gasteiger partial charge in [-0.15, -0.1) is 0 Å².